The lowest BCUT2D eigenvalue weighted by Crippen LogP contribution is -2.32. The number of hydrogen-bond donors (Lipinski definition) is 0. The van der Waals surface area contributed by atoms with Crippen LogP contribution in [-0.2, 0) is 20.9 Å². The molecule has 1 aromatic heterocycles. The number of amides is 1. The quantitative estimate of drug-likeness (QED) is 0.729. The van der Waals surface area contributed by atoms with Crippen LogP contribution in [-0.4, -0.2) is 30.0 Å². The van der Waals surface area contributed by atoms with Crippen molar-refractivity contribution in [2.75, 3.05) is 17.8 Å². The monoisotopic (exact) mass is 333 g/mol. The van der Waals surface area contributed by atoms with Crippen molar-refractivity contribution < 1.29 is 18.7 Å². The summed E-state index contributed by atoms with van der Waals surface area (Å²) in [6.45, 7) is 2.08. The van der Waals surface area contributed by atoms with Crippen LogP contribution in [0.25, 0.3) is 0 Å². The Hall–Kier alpha value is -2.21. The van der Waals surface area contributed by atoms with Crippen molar-refractivity contribution in [2.24, 2.45) is 0 Å². The molecule has 0 spiro atoms. The lowest BCUT2D eigenvalue weighted by atomic mass is 10.2. The Morgan fingerprint density at radius 1 is 1.22 bits per heavy atom. The van der Waals surface area contributed by atoms with Crippen LogP contribution in [0.5, 0.6) is 0 Å². The second-order valence-electron chi connectivity index (χ2n) is 4.87. The average molecular weight is 333 g/mol. The topological polar surface area (TPSA) is 59.8 Å². The highest BCUT2D eigenvalue weighted by molar-refractivity contribution is 8.01. The molecule has 0 aliphatic heterocycles. The third-order valence-electron chi connectivity index (χ3n) is 3.25. The Morgan fingerprint density at radius 2 is 1.96 bits per heavy atom. The van der Waals surface area contributed by atoms with E-state index in [1.54, 1.807) is 24.2 Å². The Labute approximate surface area is 139 Å². The fraction of sp³-hybridized carbons (Fsp3) is 0.294. The maximum Gasteiger partial charge on any atom is 0.318 e. The second kappa shape index (κ2) is 8.43. The number of carbonyl (C=O) groups is 2. The number of anilines is 1. The van der Waals surface area contributed by atoms with Crippen LogP contribution in [0.3, 0.4) is 0 Å². The highest BCUT2D eigenvalue weighted by atomic mass is 32.2. The molecule has 1 amide bonds. The van der Waals surface area contributed by atoms with Crippen molar-refractivity contribution in [1.82, 2.24) is 0 Å². The molecule has 0 radical (unpaired) electrons. The van der Waals surface area contributed by atoms with Gasteiger partial charge >= 0.3 is 5.97 Å². The summed E-state index contributed by atoms with van der Waals surface area (Å²) in [4.78, 5) is 25.7. The Balaban J connectivity index is 2.07. The maximum atomic E-state index is 12.6. The molecule has 2 aromatic rings. The van der Waals surface area contributed by atoms with Crippen molar-refractivity contribution in [2.45, 2.75) is 18.7 Å². The first kappa shape index (κ1) is 17.1. The molecule has 23 heavy (non-hydrogen) atoms. The van der Waals surface area contributed by atoms with Crippen molar-refractivity contribution in [3.05, 3.63) is 54.5 Å². The van der Waals surface area contributed by atoms with Crippen molar-refractivity contribution in [3.8, 4) is 0 Å². The van der Waals surface area contributed by atoms with Crippen LogP contribution >= 0.6 is 11.8 Å². The van der Waals surface area contributed by atoms with E-state index in [4.69, 9.17) is 4.42 Å². The van der Waals surface area contributed by atoms with Gasteiger partial charge in [-0.2, -0.15) is 0 Å². The van der Waals surface area contributed by atoms with Gasteiger partial charge in [0.05, 0.1) is 25.7 Å². The van der Waals surface area contributed by atoms with E-state index in [1.807, 2.05) is 36.4 Å². The largest absolute Gasteiger partial charge is 0.468 e. The molecule has 2 rings (SSSR count). The summed E-state index contributed by atoms with van der Waals surface area (Å²) in [7, 11) is 1.34. The highest BCUT2D eigenvalue weighted by Gasteiger charge is 2.21. The summed E-state index contributed by atoms with van der Waals surface area (Å²) >= 11 is 1.26. The molecule has 1 unspecified atom stereocenters. The van der Waals surface area contributed by atoms with Gasteiger partial charge in [0.15, 0.2) is 0 Å². The average Bonchev–Trinajstić information content (AvgIpc) is 3.10. The fourth-order valence-corrected chi connectivity index (χ4v) is 2.78. The van der Waals surface area contributed by atoms with E-state index in [1.165, 1.54) is 18.9 Å². The van der Waals surface area contributed by atoms with Crippen LogP contribution in [0.4, 0.5) is 5.69 Å². The van der Waals surface area contributed by atoms with E-state index < -0.39 is 0 Å². The lowest BCUT2D eigenvalue weighted by molar-refractivity contribution is -0.139. The number of carbonyl (C=O) groups excluding carboxylic acids is 2. The molecule has 0 aliphatic carbocycles. The van der Waals surface area contributed by atoms with Gasteiger partial charge in [-0.1, -0.05) is 18.2 Å². The highest BCUT2D eigenvalue weighted by Crippen LogP contribution is 2.20. The summed E-state index contributed by atoms with van der Waals surface area (Å²) in [5.74, 6) is 0.466. The standard InChI is InChI=1S/C17H19NO4S/c1-13(17(20)21-2)23-12-16(19)18(11-15-9-6-10-22-15)14-7-4-3-5-8-14/h3-10,13H,11-12H2,1-2H3. The Kier molecular flexibility index (Phi) is 6.29. The minimum atomic E-state index is -0.384. The van der Waals surface area contributed by atoms with Gasteiger partial charge in [0, 0.05) is 5.69 Å². The molecule has 1 heterocycles. The van der Waals surface area contributed by atoms with Crippen LogP contribution in [0.15, 0.2) is 53.1 Å². The van der Waals surface area contributed by atoms with Gasteiger partial charge in [-0.3, -0.25) is 9.59 Å². The number of benzene rings is 1. The maximum absolute atomic E-state index is 12.6. The number of ether oxygens (including phenoxy) is 1. The van der Waals surface area contributed by atoms with Crippen LogP contribution in [0.1, 0.15) is 12.7 Å². The first-order chi connectivity index (χ1) is 11.1. The number of nitrogens with zero attached hydrogens (tertiary/aromatic N) is 1. The van der Waals surface area contributed by atoms with Gasteiger partial charge in [0.1, 0.15) is 11.0 Å². The molecule has 0 N–H and O–H groups in total. The summed E-state index contributed by atoms with van der Waals surface area (Å²) in [5.41, 5.74) is 0.792. The first-order valence-corrected chi connectivity index (χ1v) is 8.24. The molecule has 0 fully saturated rings. The first-order valence-electron chi connectivity index (χ1n) is 7.19. The summed E-state index contributed by atoms with van der Waals surface area (Å²) < 4.78 is 10.0. The normalized spacial score (nSPS) is 11.7. The molecular weight excluding hydrogens is 314 g/mol. The molecule has 1 atom stereocenters. The molecular formula is C17H19NO4S. The van der Waals surface area contributed by atoms with Gasteiger partial charge in [0.2, 0.25) is 5.91 Å². The van der Waals surface area contributed by atoms with Gasteiger partial charge in [-0.25, -0.2) is 0 Å². The van der Waals surface area contributed by atoms with Gasteiger partial charge in [-0.05, 0) is 31.2 Å². The predicted molar refractivity (Wildman–Crippen MR) is 90.3 cm³/mol. The smallest absolute Gasteiger partial charge is 0.318 e. The molecule has 0 saturated carbocycles. The minimum Gasteiger partial charge on any atom is -0.468 e. The SMILES string of the molecule is COC(=O)C(C)SCC(=O)N(Cc1ccco1)c1ccccc1. The lowest BCUT2D eigenvalue weighted by Gasteiger charge is -2.22. The third kappa shape index (κ3) is 4.89. The zero-order valence-electron chi connectivity index (χ0n) is 13.1. The number of thioether (sulfide) groups is 1. The number of para-hydroxylation sites is 1. The molecule has 1 aromatic carbocycles. The number of methoxy groups -OCH3 is 1. The number of rotatable bonds is 7. The molecule has 0 aliphatic rings. The number of hydrogen-bond acceptors (Lipinski definition) is 5. The molecule has 6 heteroatoms. The summed E-state index contributed by atoms with van der Waals surface area (Å²) in [6, 6.07) is 13.0. The molecule has 0 bridgehead atoms. The van der Waals surface area contributed by atoms with Gasteiger partial charge in [-0.15, -0.1) is 11.8 Å². The minimum absolute atomic E-state index is 0.0895. The van der Waals surface area contributed by atoms with Crippen molar-refractivity contribution >= 4 is 29.3 Å². The fourth-order valence-electron chi connectivity index (χ4n) is 2.00. The zero-order valence-corrected chi connectivity index (χ0v) is 13.9. The molecule has 5 nitrogen and oxygen atoms in total. The van der Waals surface area contributed by atoms with Gasteiger partial charge in [0.25, 0.3) is 0 Å². The predicted octanol–water partition coefficient (Wildman–Crippen LogP) is 3.11. The zero-order chi connectivity index (χ0) is 16.7. The second-order valence-corrected chi connectivity index (χ2v) is 6.20. The number of furan rings is 1. The Morgan fingerprint density at radius 3 is 2.57 bits per heavy atom. The van der Waals surface area contributed by atoms with E-state index in [-0.39, 0.29) is 22.9 Å². The van der Waals surface area contributed by atoms with E-state index >= 15 is 0 Å². The van der Waals surface area contributed by atoms with E-state index in [0.717, 1.165) is 5.69 Å². The van der Waals surface area contributed by atoms with Crippen molar-refractivity contribution in [3.63, 3.8) is 0 Å². The molecule has 122 valence electrons. The third-order valence-corrected chi connectivity index (χ3v) is 4.36. The van der Waals surface area contributed by atoms with Crippen molar-refractivity contribution in [1.29, 1.82) is 0 Å². The Bertz CT molecular complexity index is 627. The van der Waals surface area contributed by atoms with E-state index in [9.17, 15) is 9.59 Å². The van der Waals surface area contributed by atoms with E-state index in [2.05, 4.69) is 4.74 Å². The summed E-state index contributed by atoms with van der Waals surface area (Å²) in [5, 5.41) is -0.384. The van der Waals surface area contributed by atoms with Crippen LogP contribution in [0, 0.1) is 0 Å². The van der Waals surface area contributed by atoms with Crippen LogP contribution < -0.4 is 4.90 Å². The molecule has 0 saturated heterocycles. The van der Waals surface area contributed by atoms with E-state index in [0.29, 0.717) is 12.3 Å². The number of esters is 1. The summed E-state index contributed by atoms with van der Waals surface area (Å²) in [6.07, 6.45) is 1.58. The van der Waals surface area contributed by atoms with Gasteiger partial charge < -0.3 is 14.1 Å². The van der Waals surface area contributed by atoms with Crippen LogP contribution in [0.2, 0.25) is 0 Å².